The Bertz CT molecular complexity index is 3000. The van der Waals surface area contributed by atoms with Crippen molar-refractivity contribution in [3.8, 4) is 5.75 Å². The summed E-state index contributed by atoms with van der Waals surface area (Å²) in [4.78, 5) is 187. The van der Waals surface area contributed by atoms with Crippen LogP contribution < -0.4 is 76.1 Å². The number of carbonyl (C=O) groups excluding carboxylic acids is 12. The van der Waals surface area contributed by atoms with E-state index < -0.39 is 200 Å². The molecule has 528 valence electrons. The molecule has 0 aliphatic carbocycles. The van der Waals surface area contributed by atoms with Crippen molar-refractivity contribution in [2.45, 2.75) is 184 Å². The van der Waals surface area contributed by atoms with E-state index in [1.165, 1.54) is 36.8 Å². The number of hydrogen-bond acceptors (Lipinski definition) is 22. The highest BCUT2D eigenvalue weighted by Crippen LogP contribution is 2.21. The second-order valence-corrected chi connectivity index (χ2v) is 23.2. The highest BCUT2D eigenvalue weighted by Gasteiger charge is 2.42. The van der Waals surface area contributed by atoms with Gasteiger partial charge in [0, 0.05) is 37.8 Å². The first-order valence-electron chi connectivity index (χ1n) is 30.3. The normalized spacial score (nSPS) is 17.2. The molecule has 1 aliphatic rings. The molecule has 12 amide bonds. The van der Waals surface area contributed by atoms with Crippen molar-refractivity contribution in [2.24, 2.45) is 33.8 Å². The van der Waals surface area contributed by atoms with Gasteiger partial charge in [-0.2, -0.15) is 0 Å². The lowest BCUT2D eigenvalue weighted by atomic mass is 10.0. The Morgan fingerprint density at radius 3 is 1.67 bits per heavy atom. The molecule has 38 nitrogen and oxygen atoms in total. The van der Waals surface area contributed by atoms with Crippen LogP contribution in [-0.2, 0) is 75.2 Å². The van der Waals surface area contributed by atoms with Crippen molar-refractivity contribution in [1.82, 2.24) is 68.0 Å². The number of benzene rings is 1. The molecule has 3 rings (SSSR count). The number of aliphatic hydroxyl groups is 5. The quantitative estimate of drug-likeness (QED) is 0.0168. The van der Waals surface area contributed by atoms with Crippen molar-refractivity contribution in [1.29, 1.82) is 0 Å². The Hall–Kier alpha value is -9.63. The number of aromatic nitrogens is 2. The minimum Gasteiger partial charge on any atom is -0.508 e. The number of primary amides is 1. The molecule has 1 aromatic heterocycles. The van der Waals surface area contributed by atoms with Crippen molar-refractivity contribution in [3.63, 3.8) is 0 Å². The number of carboxylic acids is 1. The maximum atomic E-state index is 14.2. The van der Waals surface area contributed by atoms with Gasteiger partial charge in [-0.05, 0) is 83.4 Å². The monoisotopic (exact) mass is 1350 g/mol. The summed E-state index contributed by atoms with van der Waals surface area (Å²) < 4.78 is 0. The van der Waals surface area contributed by atoms with Crippen molar-refractivity contribution in [2.75, 3.05) is 26.3 Å². The Morgan fingerprint density at radius 1 is 0.611 bits per heavy atom. The highest BCUT2D eigenvalue weighted by molar-refractivity contribution is 6.00. The van der Waals surface area contributed by atoms with Gasteiger partial charge in [0.2, 0.25) is 70.9 Å². The molecule has 1 fully saturated rings. The number of carbonyl (C=O) groups is 13. The van der Waals surface area contributed by atoms with E-state index in [4.69, 9.17) is 22.9 Å². The predicted molar refractivity (Wildman–Crippen MR) is 332 cm³/mol. The second kappa shape index (κ2) is 38.5. The van der Waals surface area contributed by atoms with E-state index in [1.54, 1.807) is 13.8 Å². The molecular formula is C57H90N18O20. The number of carboxylic acid groups (broad SMARTS) is 1. The van der Waals surface area contributed by atoms with Gasteiger partial charge in [0.15, 0.2) is 12.0 Å². The second-order valence-electron chi connectivity index (χ2n) is 23.2. The summed E-state index contributed by atoms with van der Waals surface area (Å²) in [6, 6.07) is -14.6. The van der Waals surface area contributed by atoms with Gasteiger partial charge in [0.25, 0.3) is 0 Å². The van der Waals surface area contributed by atoms with Crippen molar-refractivity contribution < 1.29 is 98.1 Å². The van der Waals surface area contributed by atoms with Crippen LogP contribution in [0.3, 0.4) is 0 Å². The molecule has 26 N–H and O–H groups in total. The number of phenols is 1. The first-order chi connectivity index (χ1) is 44.6. The summed E-state index contributed by atoms with van der Waals surface area (Å²) in [5.41, 5.74) is 22.4. The third kappa shape index (κ3) is 26.0. The third-order valence-electron chi connectivity index (χ3n) is 14.7. The molecule has 0 saturated carbocycles. The van der Waals surface area contributed by atoms with E-state index in [9.17, 15) is 98.1 Å². The molecule has 1 saturated heterocycles. The fraction of sp³-hybridized carbons (Fsp3) is 0.596. The average Bonchev–Trinajstić information content (AvgIpc) is 1.77. The number of phenolic OH excluding ortho intramolecular Hbond substituents is 1. The van der Waals surface area contributed by atoms with E-state index in [0.717, 1.165) is 32.6 Å². The lowest BCUT2D eigenvalue weighted by Gasteiger charge is -2.31. The Labute approximate surface area is 545 Å². The zero-order chi connectivity index (χ0) is 71.6. The lowest BCUT2D eigenvalue weighted by molar-refractivity contribution is -0.147. The zero-order valence-electron chi connectivity index (χ0n) is 53.3. The topological polar surface area (TPSA) is 632 Å². The van der Waals surface area contributed by atoms with Crippen LogP contribution >= 0.6 is 0 Å². The number of nitrogens with one attached hydrogen (secondary N) is 11. The molecule has 0 bridgehead atoms. The summed E-state index contributed by atoms with van der Waals surface area (Å²) >= 11 is 0. The summed E-state index contributed by atoms with van der Waals surface area (Å²) in [5, 5.41) is 94.2. The number of rotatable bonds is 39. The van der Waals surface area contributed by atoms with Crippen LogP contribution in [0.5, 0.6) is 5.75 Å². The van der Waals surface area contributed by atoms with E-state index in [-0.39, 0.29) is 74.1 Å². The van der Waals surface area contributed by atoms with Crippen LogP contribution in [-0.4, -0.2) is 251 Å². The Morgan fingerprint density at radius 2 is 1.13 bits per heavy atom. The average molecular weight is 1350 g/mol. The van der Waals surface area contributed by atoms with E-state index >= 15 is 0 Å². The number of aromatic amines is 1. The summed E-state index contributed by atoms with van der Waals surface area (Å²) in [6.07, 6.45) is -3.88. The van der Waals surface area contributed by atoms with Gasteiger partial charge in [-0.15, -0.1) is 0 Å². The van der Waals surface area contributed by atoms with Gasteiger partial charge in [0.1, 0.15) is 72.2 Å². The van der Waals surface area contributed by atoms with Gasteiger partial charge in [0.05, 0.1) is 44.3 Å². The molecule has 38 heteroatoms. The van der Waals surface area contributed by atoms with Crippen molar-refractivity contribution >= 4 is 82.8 Å². The number of aliphatic imine (C=N–C) groups is 1. The molecule has 0 unspecified atom stereocenters. The van der Waals surface area contributed by atoms with Gasteiger partial charge < -0.3 is 122 Å². The fourth-order valence-electron chi connectivity index (χ4n) is 9.52. The number of nitrogens with two attached hydrogens (primary N) is 4. The smallest absolute Gasteiger partial charge is 0.328 e. The molecule has 2 heterocycles. The summed E-state index contributed by atoms with van der Waals surface area (Å²) in [7, 11) is 0. The van der Waals surface area contributed by atoms with Gasteiger partial charge in [-0.3, -0.25) is 62.5 Å². The maximum absolute atomic E-state index is 14.2. The summed E-state index contributed by atoms with van der Waals surface area (Å²) in [6.45, 7) is 5.96. The fourth-order valence-corrected chi connectivity index (χ4v) is 9.52. The first-order valence-corrected chi connectivity index (χ1v) is 30.3. The lowest BCUT2D eigenvalue weighted by Crippen LogP contribution is -2.63. The number of H-pyrrole nitrogens is 1. The Kier molecular flexibility index (Phi) is 32.3. The minimum atomic E-state index is -2.00. The van der Waals surface area contributed by atoms with Gasteiger partial charge in [-0.25, -0.2) is 9.78 Å². The van der Waals surface area contributed by atoms with E-state index in [2.05, 4.69) is 68.1 Å². The van der Waals surface area contributed by atoms with E-state index in [1.807, 2.05) is 0 Å². The zero-order valence-corrected chi connectivity index (χ0v) is 53.3. The van der Waals surface area contributed by atoms with Crippen LogP contribution in [0.2, 0.25) is 0 Å². The largest absolute Gasteiger partial charge is 0.508 e. The molecule has 0 spiro atoms. The minimum absolute atomic E-state index is 0.0361. The number of likely N-dealkylation sites (tertiary alicyclic amines) is 1. The van der Waals surface area contributed by atoms with Crippen LogP contribution in [0.25, 0.3) is 0 Å². The van der Waals surface area contributed by atoms with Crippen LogP contribution in [0.4, 0.5) is 0 Å². The molecule has 15 atom stereocenters. The molecule has 1 aromatic carbocycles. The Balaban J connectivity index is 1.86. The van der Waals surface area contributed by atoms with Crippen LogP contribution in [0.1, 0.15) is 91.3 Å². The van der Waals surface area contributed by atoms with E-state index in [0.29, 0.717) is 0 Å². The van der Waals surface area contributed by atoms with Crippen LogP contribution in [0, 0.1) is 5.92 Å². The van der Waals surface area contributed by atoms with Crippen molar-refractivity contribution in [3.05, 3.63) is 48.0 Å². The first kappa shape index (κ1) is 79.6. The molecular weight excluding hydrogens is 1260 g/mol. The predicted octanol–water partition coefficient (Wildman–Crippen LogP) is -9.73. The number of nitrogens with zero attached hydrogens (tertiary/aromatic N) is 3. The molecule has 1 aliphatic heterocycles. The molecule has 0 radical (unpaired) electrons. The summed E-state index contributed by atoms with van der Waals surface area (Å²) in [5.74, 6) is -15.4. The molecule has 2 aromatic rings. The standard InChI is InChI=1S/C57H90N18O20/c1-25(2)17-35(67-47(85)34(9-7-15-63-57(60)61)66-46(84)33(58)22-76)51(89)72-42(27(4)78)54(92)70-37(19-31-21-62-24-64-31)49(87)71-39(23-77)52(90)69-38(20-41(59)82)50(88)68-36(18-30-11-13-32(81)14-12-30)48(86)65-26(3)45(83)73-43(28(5)79)55(93)75-16-8-10-40(75)53(91)74-44(29(6)80)56(94)95/h11-14,21,24-29,33-40,42-44,76-81H,7-10,15-20,22-23,58H2,1-6H3,(H2,59,82)(H,62,64)(H,65,86)(H,66,84)(H,67,85)(H,68,88)(H,69,90)(H,70,92)(H,71,87)(H,72,89)(H,73,83)(H,74,91)(H,94,95)(H4,60,61,63)/t26-,27+,28+,29+,33-,34-,35-,36-,37-,38-,39-,40-,42-,43-,44-/m0/s1. The van der Waals surface area contributed by atoms with Crippen LogP contribution in [0.15, 0.2) is 41.8 Å². The highest BCUT2D eigenvalue weighted by atomic mass is 16.4. The number of aliphatic carboxylic acids is 1. The number of aliphatic hydroxyl groups excluding tert-OH is 5. The number of imidazole rings is 1. The number of amides is 12. The third-order valence-corrected chi connectivity index (χ3v) is 14.7. The SMILES string of the molecule is CC(C)C[C@H](NC(=O)[C@H](CCCN=C(N)N)NC(=O)[C@@H](N)CO)C(=O)N[C@H](C(=O)N[C@@H](Cc1cnc[nH]1)C(=O)N[C@@H](CO)C(=O)N[C@@H](CC(N)=O)C(=O)N[C@@H](Cc1ccc(O)cc1)C(=O)N[C@@H](C)C(=O)N[C@H](C(=O)N1CCC[C@H]1C(=O)N[C@H](C(=O)O)[C@@H](C)O)[C@@H](C)O)[C@@H](C)O. The van der Waals surface area contributed by atoms with Gasteiger partial charge in [-0.1, -0.05) is 26.0 Å². The number of guanidine groups is 1. The maximum Gasteiger partial charge on any atom is 0.328 e. The number of aromatic hydroxyl groups is 1. The number of hydrogen-bond donors (Lipinski definition) is 22. The van der Waals surface area contributed by atoms with Gasteiger partial charge >= 0.3 is 5.97 Å². The molecule has 95 heavy (non-hydrogen) atoms.